The zero-order valence-corrected chi connectivity index (χ0v) is 8.08. The SMILES string of the molecule is CC(NCCC(N)=O)C1CCOC1. The highest BCUT2D eigenvalue weighted by molar-refractivity contribution is 5.73. The number of nitrogens with one attached hydrogen (secondary N) is 1. The molecule has 76 valence electrons. The van der Waals surface area contributed by atoms with Gasteiger partial charge in [0.2, 0.25) is 5.91 Å². The number of hydrogen-bond donors (Lipinski definition) is 2. The normalized spacial score (nSPS) is 24.5. The van der Waals surface area contributed by atoms with Gasteiger partial charge in [-0.05, 0) is 19.3 Å². The van der Waals surface area contributed by atoms with Gasteiger partial charge in [-0.2, -0.15) is 0 Å². The molecule has 1 amide bonds. The Morgan fingerprint density at radius 3 is 3.08 bits per heavy atom. The first-order valence-electron chi connectivity index (χ1n) is 4.79. The van der Waals surface area contributed by atoms with E-state index in [0.29, 0.717) is 24.9 Å². The maximum Gasteiger partial charge on any atom is 0.218 e. The van der Waals surface area contributed by atoms with Crippen molar-refractivity contribution in [3.8, 4) is 0 Å². The molecule has 4 heteroatoms. The minimum atomic E-state index is -0.248. The topological polar surface area (TPSA) is 64.3 Å². The van der Waals surface area contributed by atoms with E-state index >= 15 is 0 Å². The molecule has 1 aliphatic rings. The summed E-state index contributed by atoms with van der Waals surface area (Å²) in [5, 5.41) is 3.28. The molecule has 0 radical (unpaired) electrons. The molecular weight excluding hydrogens is 168 g/mol. The summed E-state index contributed by atoms with van der Waals surface area (Å²) in [4.78, 5) is 10.5. The Kier molecular flexibility index (Phi) is 4.18. The van der Waals surface area contributed by atoms with E-state index in [1.807, 2.05) is 0 Å². The van der Waals surface area contributed by atoms with E-state index in [1.165, 1.54) is 0 Å². The lowest BCUT2D eigenvalue weighted by Crippen LogP contribution is -2.35. The van der Waals surface area contributed by atoms with Crippen LogP contribution < -0.4 is 11.1 Å². The van der Waals surface area contributed by atoms with Crippen molar-refractivity contribution in [3.05, 3.63) is 0 Å². The summed E-state index contributed by atoms with van der Waals surface area (Å²) in [5.41, 5.74) is 5.03. The first kappa shape index (κ1) is 10.5. The standard InChI is InChI=1S/C9H18N2O2/c1-7(8-3-5-13-6-8)11-4-2-9(10)12/h7-8,11H,2-6H2,1H3,(H2,10,12). The highest BCUT2D eigenvalue weighted by Crippen LogP contribution is 2.15. The first-order valence-corrected chi connectivity index (χ1v) is 4.79. The van der Waals surface area contributed by atoms with Crippen molar-refractivity contribution in [2.24, 2.45) is 11.7 Å². The van der Waals surface area contributed by atoms with Crippen LogP contribution in [0.5, 0.6) is 0 Å². The van der Waals surface area contributed by atoms with Crippen molar-refractivity contribution in [2.75, 3.05) is 19.8 Å². The lowest BCUT2D eigenvalue weighted by molar-refractivity contribution is -0.117. The first-order chi connectivity index (χ1) is 6.20. The van der Waals surface area contributed by atoms with Crippen LogP contribution in [0.4, 0.5) is 0 Å². The molecule has 0 aromatic carbocycles. The quantitative estimate of drug-likeness (QED) is 0.629. The molecule has 0 saturated carbocycles. The summed E-state index contributed by atoms with van der Waals surface area (Å²) in [5.74, 6) is 0.343. The lowest BCUT2D eigenvalue weighted by Gasteiger charge is -2.18. The fourth-order valence-electron chi connectivity index (χ4n) is 1.54. The molecule has 1 rings (SSSR count). The molecule has 0 aliphatic carbocycles. The largest absolute Gasteiger partial charge is 0.381 e. The van der Waals surface area contributed by atoms with E-state index in [4.69, 9.17) is 10.5 Å². The molecule has 2 atom stereocenters. The molecule has 4 nitrogen and oxygen atoms in total. The number of hydrogen-bond acceptors (Lipinski definition) is 3. The van der Waals surface area contributed by atoms with Gasteiger partial charge in [0.05, 0.1) is 6.61 Å². The zero-order valence-electron chi connectivity index (χ0n) is 8.08. The van der Waals surface area contributed by atoms with Crippen molar-refractivity contribution in [2.45, 2.75) is 25.8 Å². The Labute approximate surface area is 78.8 Å². The molecule has 3 N–H and O–H groups in total. The minimum absolute atomic E-state index is 0.248. The Hall–Kier alpha value is -0.610. The van der Waals surface area contributed by atoms with Crippen LogP contribution in [-0.2, 0) is 9.53 Å². The second-order valence-corrected chi connectivity index (χ2v) is 3.58. The molecule has 0 bridgehead atoms. The Bertz CT molecular complexity index is 167. The minimum Gasteiger partial charge on any atom is -0.381 e. The predicted octanol–water partition coefficient (Wildman–Crippen LogP) is -0.124. The monoisotopic (exact) mass is 186 g/mol. The van der Waals surface area contributed by atoms with Crippen LogP contribution in [-0.4, -0.2) is 31.7 Å². The molecular formula is C9H18N2O2. The van der Waals surface area contributed by atoms with Gasteiger partial charge >= 0.3 is 0 Å². The Balaban J connectivity index is 2.09. The number of carbonyl (C=O) groups excluding carboxylic acids is 1. The number of rotatable bonds is 5. The Morgan fingerprint density at radius 1 is 1.77 bits per heavy atom. The molecule has 13 heavy (non-hydrogen) atoms. The van der Waals surface area contributed by atoms with E-state index in [1.54, 1.807) is 0 Å². The fourth-order valence-corrected chi connectivity index (χ4v) is 1.54. The number of primary amides is 1. The summed E-state index contributed by atoms with van der Waals surface area (Å²) in [7, 11) is 0. The molecule has 1 heterocycles. The van der Waals surface area contributed by atoms with Crippen LogP contribution in [0.3, 0.4) is 0 Å². The second-order valence-electron chi connectivity index (χ2n) is 3.58. The number of carbonyl (C=O) groups is 1. The number of amides is 1. The summed E-state index contributed by atoms with van der Waals surface area (Å²) >= 11 is 0. The zero-order chi connectivity index (χ0) is 9.68. The van der Waals surface area contributed by atoms with Crippen LogP contribution in [0.2, 0.25) is 0 Å². The molecule has 1 fully saturated rings. The van der Waals surface area contributed by atoms with Gasteiger partial charge in [-0.15, -0.1) is 0 Å². The smallest absolute Gasteiger partial charge is 0.218 e. The molecule has 0 aromatic rings. The second kappa shape index (κ2) is 5.19. The van der Waals surface area contributed by atoms with Crippen molar-refractivity contribution >= 4 is 5.91 Å². The molecule has 0 spiro atoms. The number of nitrogens with two attached hydrogens (primary N) is 1. The van der Waals surface area contributed by atoms with E-state index in [-0.39, 0.29) is 5.91 Å². The molecule has 0 aromatic heterocycles. The average Bonchev–Trinajstić information content (AvgIpc) is 2.55. The maximum atomic E-state index is 10.5. The summed E-state index contributed by atoms with van der Waals surface area (Å²) in [6.07, 6.45) is 1.53. The number of ether oxygens (including phenoxy) is 1. The van der Waals surface area contributed by atoms with Gasteiger partial charge in [0.15, 0.2) is 0 Å². The van der Waals surface area contributed by atoms with Gasteiger partial charge in [-0.3, -0.25) is 4.79 Å². The van der Waals surface area contributed by atoms with Gasteiger partial charge < -0.3 is 15.8 Å². The van der Waals surface area contributed by atoms with Gasteiger partial charge in [0, 0.05) is 25.6 Å². The van der Waals surface area contributed by atoms with E-state index in [2.05, 4.69) is 12.2 Å². The van der Waals surface area contributed by atoms with Gasteiger partial charge in [0.1, 0.15) is 0 Å². The van der Waals surface area contributed by atoms with Crippen molar-refractivity contribution in [1.82, 2.24) is 5.32 Å². The van der Waals surface area contributed by atoms with Gasteiger partial charge in [-0.25, -0.2) is 0 Å². The van der Waals surface area contributed by atoms with E-state index in [0.717, 1.165) is 19.6 Å². The summed E-state index contributed by atoms with van der Waals surface area (Å²) in [6.45, 7) is 4.50. The van der Waals surface area contributed by atoms with Crippen LogP contribution in [0.25, 0.3) is 0 Å². The average molecular weight is 186 g/mol. The maximum absolute atomic E-state index is 10.5. The van der Waals surface area contributed by atoms with Crippen LogP contribution >= 0.6 is 0 Å². The summed E-state index contributed by atoms with van der Waals surface area (Å²) < 4.78 is 5.27. The fraction of sp³-hybridized carbons (Fsp3) is 0.889. The molecule has 1 aliphatic heterocycles. The van der Waals surface area contributed by atoms with Crippen LogP contribution in [0, 0.1) is 5.92 Å². The van der Waals surface area contributed by atoms with Gasteiger partial charge in [-0.1, -0.05) is 0 Å². The van der Waals surface area contributed by atoms with Crippen molar-refractivity contribution < 1.29 is 9.53 Å². The third-order valence-corrected chi connectivity index (χ3v) is 2.51. The van der Waals surface area contributed by atoms with Crippen LogP contribution in [0.1, 0.15) is 19.8 Å². The van der Waals surface area contributed by atoms with Crippen molar-refractivity contribution in [3.63, 3.8) is 0 Å². The third kappa shape index (κ3) is 3.74. The highest BCUT2D eigenvalue weighted by Gasteiger charge is 2.21. The molecule has 1 saturated heterocycles. The van der Waals surface area contributed by atoms with E-state index < -0.39 is 0 Å². The van der Waals surface area contributed by atoms with Gasteiger partial charge in [0.25, 0.3) is 0 Å². The molecule has 2 unspecified atom stereocenters. The third-order valence-electron chi connectivity index (χ3n) is 2.51. The van der Waals surface area contributed by atoms with Crippen LogP contribution in [0.15, 0.2) is 0 Å². The Morgan fingerprint density at radius 2 is 2.54 bits per heavy atom. The van der Waals surface area contributed by atoms with E-state index in [9.17, 15) is 4.79 Å². The lowest BCUT2D eigenvalue weighted by atomic mass is 10.0. The summed E-state index contributed by atoms with van der Waals surface area (Å²) in [6, 6.07) is 0.418. The van der Waals surface area contributed by atoms with Crippen molar-refractivity contribution in [1.29, 1.82) is 0 Å². The predicted molar refractivity (Wildman–Crippen MR) is 50.2 cm³/mol. The highest BCUT2D eigenvalue weighted by atomic mass is 16.5.